The molecule has 3 nitrogen and oxygen atoms in total. The SMILES string of the molecule is CC(C)C(CCCCC(C)(C)C)C(=O)N1CC(O)C1. The molecular weight excluding hydrogens is 238 g/mol. The molecular formula is C16H31NO2. The number of aliphatic hydroxyl groups excluding tert-OH is 1. The summed E-state index contributed by atoms with van der Waals surface area (Å²) in [5, 5.41) is 9.30. The Morgan fingerprint density at radius 1 is 1.26 bits per heavy atom. The summed E-state index contributed by atoms with van der Waals surface area (Å²) in [5.74, 6) is 0.767. The maximum Gasteiger partial charge on any atom is 0.226 e. The molecule has 0 aliphatic carbocycles. The highest BCUT2D eigenvalue weighted by molar-refractivity contribution is 5.79. The normalized spacial score (nSPS) is 18.6. The second kappa shape index (κ2) is 6.74. The molecule has 3 heteroatoms. The summed E-state index contributed by atoms with van der Waals surface area (Å²) < 4.78 is 0. The Labute approximate surface area is 118 Å². The molecule has 0 saturated carbocycles. The van der Waals surface area contributed by atoms with E-state index in [2.05, 4.69) is 34.6 Å². The van der Waals surface area contributed by atoms with E-state index in [1.807, 2.05) is 0 Å². The number of β-amino-alcohol motifs (C(OH)–C–C–N with tert-alkyl or cyclic N) is 1. The number of hydrogen-bond donors (Lipinski definition) is 1. The zero-order valence-electron chi connectivity index (χ0n) is 13.3. The lowest BCUT2D eigenvalue weighted by Crippen LogP contribution is -2.55. The van der Waals surface area contributed by atoms with Gasteiger partial charge in [-0.3, -0.25) is 4.79 Å². The Bertz CT molecular complexity index is 288. The van der Waals surface area contributed by atoms with Crippen LogP contribution >= 0.6 is 0 Å². The van der Waals surface area contributed by atoms with Gasteiger partial charge < -0.3 is 10.0 Å². The van der Waals surface area contributed by atoms with Crippen LogP contribution in [0, 0.1) is 17.3 Å². The lowest BCUT2D eigenvalue weighted by molar-refractivity contribution is -0.147. The molecule has 0 aromatic heterocycles. The van der Waals surface area contributed by atoms with Crippen LogP contribution < -0.4 is 0 Å². The lowest BCUT2D eigenvalue weighted by Gasteiger charge is -2.39. The monoisotopic (exact) mass is 269 g/mol. The van der Waals surface area contributed by atoms with Gasteiger partial charge in [0.15, 0.2) is 0 Å². The molecule has 1 amide bonds. The zero-order chi connectivity index (χ0) is 14.6. The minimum atomic E-state index is -0.294. The van der Waals surface area contributed by atoms with Gasteiger partial charge in [-0.15, -0.1) is 0 Å². The van der Waals surface area contributed by atoms with Gasteiger partial charge in [-0.05, 0) is 24.2 Å². The molecule has 1 rings (SSSR count). The first-order valence-electron chi connectivity index (χ1n) is 7.67. The van der Waals surface area contributed by atoms with Gasteiger partial charge in [0, 0.05) is 19.0 Å². The Balaban J connectivity index is 2.34. The summed E-state index contributed by atoms with van der Waals surface area (Å²) in [5.41, 5.74) is 0.388. The smallest absolute Gasteiger partial charge is 0.226 e. The maximum atomic E-state index is 12.3. The third-order valence-electron chi connectivity index (χ3n) is 3.99. The van der Waals surface area contributed by atoms with E-state index >= 15 is 0 Å². The number of unbranched alkanes of at least 4 members (excludes halogenated alkanes) is 1. The summed E-state index contributed by atoms with van der Waals surface area (Å²) in [6.45, 7) is 12.1. The van der Waals surface area contributed by atoms with Gasteiger partial charge in [0.05, 0.1) is 6.10 Å². The van der Waals surface area contributed by atoms with Crippen LogP contribution in [0.2, 0.25) is 0 Å². The van der Waals surface area contributed by atoms with Gasteiger partial charge in [0.1, 0.15) is 0 Å². The molecule has 1 aliphatic rings. The highest BCUT2D eigenvalue weighted by Gasteiger charge is 2.34. The fourth-order valence-electron chi connectivity index (χ4n) is 2.63. The van der Waals surface area contributed by atoms with E-state index in [0.29, 0.717) is 24.4 Å². The van der Waals surface area contributed by atoms with Crippen LogP contribution in [0.3, 0.4) is 0 Å². The van der Waals surface area contributed by atoms with E-state index in [4.69, 9.17) is 0 Å². The van der Waals surface area contributed by atoms with E-state index in [1.165, 1.54) is 12.8 Å². The first-order valence-corrected chi connectivity index (χ1v) is 7.67. The number of carbonyl (C=O) groups is 1. The molecule has 1 fully saturated rings. The summed E-state index contributed by atoms with van der Waals surface area (Å²) in [6.07, 6.45) is 4.23. The van der Waals surface area contributed by atoms with Crippen LogP contribution in [0.15, 0.2) is 0 Å². The molecule has 0 aromatic rings. The Morgan fingerprint density at radius 3 is 2.26 bits per heavy atom. The van der Waals surface area contributed by atoms with Gasteiger partial charge >= 0.3 is 0 Å². The number of nitrogens with zero attached hydrogens (tertiary/aromatic N) is 1. The van der Waals surface area contributed by atoms with Crippen LogP contribution in [-0.4, -0.2) is 35.1 Å². The van der Waals surface area contributed by atoms with E-state index in [9.17, 15) is 9.90 Å². The fraction of sp³-hybridized carbons (Fsp3) is 0.938. The third-order valence-corrected chi connectivity index (χ3v) is 3.99. The Morgan fingerprint density at radius 2 is 1.84 bits per heavy atom. The van der Waals surface area contributed by atoms with Gasteiger partial charge in [0.2, 0.25) is 5.91 Å². The molecule has 1 aliphatic heterocycles. The van der Waals surface area contributed by atoms with Crippen molar-refractivity contribution in [2.45, 2.75) is 66.4 Å². The zero-order valence-corrected chi connectivity index (χ0v) is 13.3. The first kappa shape index (κ1) is 16.5. The summed E-state index contributed by atoms with van der Waals surface area (Å²) in [7, 11) is 0. The topological polar surface area (TPSA) is 40.5 Å². The van der Waals surface area contributed by atoms with Crippen molar-refractivity contribution in [3.63, 3.8) is 0 Å². The molecule has 112 valence electrons. The number of rotatable bonds is 6. The van der Waals surface area contributed by atoms with Crippen molar-refractivity contribution in [3.8, 4) is 0 Å². The average molecular weight is 269 g/mol. The van der Waals surface area contributed by atoms with Crippen molar-refractivity contribution in [3.05, 3.63) is 0 Å². The quantitative estimate of drug-likeness (QED) is 0.753. The summed E-state index contributed by atoms with van der Waals surface area (Å²) in [6, 6.07) is 0. The second-order valence-electron chi connectivity index (χ2n) is 7.55. The van der Waals surface area contributed by atoms with E-state index < -0.39 is 0 Å². The number of aliphatic hydroxyl groups is 1. The lowest BCUT2D eigenvalue weighted by atomic mass is 9.85. The number of amides is 1. The fourth-order valence-corrected chi connectivity index (χ4v) is 2.63. The summed E-state index contributed by atoms with van der Waals surface area (Å²) >= 11 is 0. The van der Waals surface area contributed by atoms with Crippen molar-refractivity contribution < 1.29 is 9.90 Å². The Hall–Kier alpha value is -0.570. The number of hydrogen-bond acceptors (Lipinski definition) is 2. The van der Waals surface area contributed by atoms with Crippen LogP contribution in [-0.2, 0) is 4.79 Å². The van der Waals surface area contributed by atoms with Crippen LogP contribution in [0.25, 0.3) is 0 Å². The second-order valence-corrected chi connectivity index (χ2v) is 7.55. The predicted molar refractivity (Wildman–Crippen MR) is 78.8 cm³/mol. The highest BCUT2D eigenvalue weighted by atomic mass is 16.3. The maximum absolute atomic E-state index is 12.3. The highest BCUT2D eigenvalue weighted by Crippen LogP contribution is 2.27. The van der Waals surface area contributed by atoms with Gasteiger partial charge in [-0.1, -0.05) is 47.5 Å². The van der Waals surface area contributed by atoms with Crippen molar-refractivity contribution >= 4 is 5.91 Å². The Kier molecular flexibility index (Phi) is 5.84. The summed E-state index contributed by atoms with van der Waals surface area (Å²) in [4.78, 5) is 14.1. The van der Waals surface area contributed by atoms with Crippen LogP contribution in [0.4, 0.5) is 0 Å². The van der Waals surface area contributed by atoms with E-state index in [0.717, 1.165) is 12.8 Å². The molecule has 0 bridgehead atoms. The molecule has 1 heterocycles. The van der Waals surface area contributed by atoms with Crippen LogP contribution in [0.5, 0.6) is 0 Å². The number of carbonyl (C=O) groups excluding carboxylic acids is 1. The molecule has 0 radical (unpaired) electrons. The first-order chi connectivity index (χ1) is 8.70. The van der Waals surface area contributed by atoms with Crippen molar-refractivity contribution in [2.75, 3.05) is 13.1 Å². The average Bonchev–Trinajstić information content (AvgIpc) is 2.22. The van der Waals surface area contributed by atoms with Crippen LogP contribution in [0.1, 0.15) is 60.3 Å². The molecule has 0 aromatic carbocycles. The van der Waals surface area contributed by atoms with Crippen molar-refractivity contribution in [1.29, 1.82) is 0 Å². The molecule has 19 heavy (non-hydrogen) atoms. The van der Waals surface area contributed by atoms with E-state index in [-0.39, 0.29) is 17.9 Å². The van der Waals surface area contributed by atoms with Crippen molar-refractivity contribution in [1.82, 2.24) is 4.90 Å². The van der Waals surface area contributed by atoms with Gasteiger partial charge in [-0.25, -0.2) is 0 Å². The molecule has 1 saturated heterocycles. The van der Waals surface area contributed by atoms with Gasteiger partial charge in [-0.2, -0.15) is 0 Å². The molecule has 0 spiro atoms. The van der Waals surface area contributed by atoms with E-state index in [1.54, 1.807) is 4.90 Å². The third kappa shape index (κ3) is 5.52. The predicted octanol–water partition coefficient (Wildman–Crippen LogP) is 3.07. The molecule has 1 atom stereocenters. The minimum absolute atomic E-state index is 0.132. The van der Waals surface area contributed by atoms with Crippen molar-refractivity contribution in [2.24, 2.45) is 17.3 Å². The largest absolute Gasteiger partial charge is 0.389 e. The number of likely N-dealkylation sites (tertiary alicyclic amines) is 1. The standard InChI is InChI=1S/C16H31NO2/c1-12(2)14(8-6-7-9-16(3,4)5)15(19)17-10-13(18)11-17/h12-14,18H,6-11H2,1-5H3. The molecule has 1 unspecified atom stereocenters. The van der Waals surface area contributed by atoms with Gasteiger partial charge in [0.25, 0.3) is 0 Å². The minimum Gasteiger partial charge on any atom is -0.389 e. The molecule has 1 N–H and O–H groups in total.